The number of hydrogen-bond donors (Lipinski definition) is 0. The van der Waals surface area contributed by atoms with E-state index in [-0.39, 0.29) is 11.3 Å². The van der Waals surface area contributed by atoms with Crippen LogP contribution in [-0.4, -0.2) is 38.4 Å². The van der Waals surface area contributed by atoms with Crippen molar-refractivity contribution in [2.75, 3.05) is 12.8 Å². The molecule has 0 atom stereocenters. The lowest BCUT2D eigenvalue weighted by atomic mass is 9.87. The van der Waals surface area contributed by atoms with Gasteiger partial charge in [-0.05, 0) is 45.5 Å². The third kappa shape index (κ3) is 5.75. The van der Waals surface area contributed by atoms with Crippen LogP contribution in [-0.2, 0) is 23.3 Å². The van der Waals surface area contributed by atoms with Crippen molar-refractivity contribution in [3.63, 3.8) is 0 Å². The summed E-state index contributed by atoms with van der Waals surface area (Å²) in [6.07, 6.45) is 1.66. The Bertz CT molecular complexity index is 1170. The van der Waals surface area contributed by atoms with Crippen molar-refractivity contribution in [2.24, 2.45) is 0 Å². The standard InChI is InChI=1S/C25H28N4O2S2/c1-25(2,3)20-9-7-19(8-10-20)23-26-27-24(29(23)15-21-6-5-12-31-21)33-17-22(30)28(4)14-18-11-13-32-16-18/h5-13,16H,14-15,17H2,1-4H3. The van der Waals surface area contributed by atoms with E-state index in [1.54, 1.807) is 22.5 Å². The van der Waals surface area contributed by atoms with Crippen LogP contribution in [0.5, 0.6) is 0 Å². The first-order valence-corrected chi connectivity index (χ1v) is 12.7. The van der Waals surface area contributed by atoms with Gasteiger partial charge in [-0.25, -0.2) is 0 Å². The van der Waals surface area contributed by atoms with Crippen LogP contribution in [0.2, 0.25) is 0 Å². The number of amides is 1. The number of thiophene rings is 1. The third-order valence-electron chi connectivity index (χ3n) is 5.37. The highest BCUT2D eigenvalue weighted by Crippen LogP contribution is 2.28. The average Bonchev–Trinajstić information content (AvgIpc) is 3.55. The molecule has 0 spiro atoms. The Morgan fingerprint density at radius 3 is 2.58 bits per heavy atom. The number of nitrogens with zero attached hydrogens (tertiary/aromatic N) is 4. The van der Waals surface area contributed by atoms with Crippen LogP contribution in [0.25, 0.3) is 11.4 Å². The molecule has 0 N–H and O–H groups in total. The number of thioether (sulfide) groups is 1. The molecule has 3 heterocycles. The Hall–Kier alpha value is -2.84. The summed E-state index contributed by atoms with van der Waals surface area (Å²) >= 11 is 3.04. The van der Waals surface area contributed by atoms with Crippen LogP contribution in [0.1, 0.15) is 37.7 Å². The van der Waals surface area contributed by atoms with Crippen LogP contribution in [0.15, 0.2) is 69.1 Å². The van der Waals surface area contributed by atoms with E-state index in [9.17, 15) is 4.79 Å². The molecule has 0 aliphatic rings. The van der Waals surface area contributed by atoms with Crippen LogP contribution in [0, 0.1) is 0 Å². The number of benzene rings is 1. The zero-order valence-corrected chi connectivity index (χ0v) is 20.9. The number of carbonyl (C=O) groups is 1. The number of furan rings is 1. The molecule has 0 fully saturated rings. The molecule has 1 amide bonds. The van der Waals surface area contributed by atoms with E-state index in [0.29, 0.717) is 24.0 Å². The molecule has 0 bridgehead atoms. The summed E-state index contributed by atoms with van der Waals surface area (Å²) in [7, 11) is 1.83. The Labute approximate surface area is 202 Å². The molecule has 0 unspecified atom stereocenters. The van der Waals surface area contributed by atoms with Crippen LogP contribution in [0.4, 0.5) is 0 Å². The fourth-order valence-electron chi connectivity index (χ4n) is 3.41. The second kappa shape index (κ2) is 9.97. The summed E-state index contributed by atoms with van der Waals surface area (Å²) in [5, 5.41) is 13.7. The van der Waals surface area contributed by atoms with Crippen LogP contribution < -0.4 is 0 Å². The van der Waals surface area contributed by atoms with Crippen molar-refractivity contribution in [1.29, 1.82) is 0 Å². The highest BCUT2D eigenvalue weighted by Gasteiger charge is 2.19. The van der Waals surface area contributed by atoms with Gasteiger partial charge in [-0.15, -0.1) is 10.2 Å². The van der Waals surface area contributed by atoms with Gasteiger partial charge in [0.25, 0.3) is 0 Å². The molecular weight excluding hydrogens is 452 g/mol. The van der Waals surface area contributed by atoms with Crippen molar-refractivity contribution in [3.05, 3.63) is 76.4 Å². The van der Waals surface area contributed by atoms with Crippen LogP contribution >= 0.6 is 23.1 Å². The minimum absolute atomic E-state index is 0.0508. The molecule has 0 aliphatic heterocycles. The van der Waals surface area contributed by atoms with Gasteiger partial charge in [-0.3, -0.25) is 9.36 Å². The van der Waals surface area contributed by atoms with Crippen molar-refractivity contribution < 1.29 is 9.21 Å². The Morgan fingerprint density at radius 1 is 1.15 bits per heavy atom. The minimum Gasteiger partial charge on any atom is -0.467 e. The normalized spacial score (nSPS) is 11.6. The zero-order valence-electron chi connectivity index (χ0n) is 19.3. The van der Waals surface area contributed by atoms with Crippen molar-refractivity contribution in [2.45, 2.75) is 44.4 Å². The first-order chi connectivity index (χ1) is 15.8. The molecule has 0 aliphatic carbocycles. The van der Waals surface area contributed by atoms with Crippen molar-refractivity contribution >= 4 is 29.0 Å². The first-order valence-electron chi connectivity index (χ1n) is 10.8. The maximum Gasteiger partial charge on any atom is 0.233 e. The molecule has 4 rings (SSSR count). The fourth-order valence-corrected chi connectivity index (χ4v) is 4.95. The molecular formula is C25H28N4O2S2. The maximum absolute atomic E-state index is 12.7. The largest absolute Gasteiger partial charge is 0.467 e. The molecule has 33 heavy (non-hydrogen) atoms. The second-order valence-electron chi connectivity index (χ2n) is 8.97. The van der Waals surface area contributed by atoms with E-state index in [1.165, 1.54) is 17.3 Å². The SMILES string of the molecule is CN(Cc1ccsc1)C(=O)CSc1nnc(-c2ccc(C(C)(C)C)cc2)n1Cc1ccco1. The van der Waals surface area contributed by atoms with Crippen molar-refractivity contribution in [1.82, 2.24) is 19.7 Å². The van der Waals surface area contributed by atoms with E-state index in [1.807, 2.05) is 35.2 Å². The molecule has 3 aromatic heterocycles. The molecule has 4 aromatic rings. The number of hydrogen-bond acceptors (Lipinski definition) is 6. The molecule has 0 saturated heterocycles. The Kier molecular flexibility index (Phi) is 7.05. The summed E-state index contributed by atoms with van der Waals surface area (Å²) in [6, 6.07) is 14.3. The summed E-state index contributed by atoms with van der Waals surface area (Å²) in [5.41, 5.74) is 3.46. The lowest BCUT2D eigenvalue weighted by molar-refractivity contribution is -0.127. The molecule has 1 aromatic carbocycles. The fraction of sp³-hybridized carbons (Fsp3) is 0.320. The summed E-state index contributed by atoms with van der Waals surface area (Å²) < 4.78 is 7.59. The third-order valence-corrected chi connectivity index (χ3v) is 7.05. The number of carbonyl (C=O) groups excluding carboxylic acids is 1. The lowest BCUT2D eigenvalue weighted by Gasteiger charge is -2.19. The highest BCUT2D eigenvalue weighted by atomic mass is 32.2. The Morgan fingerprint density at radius 2 is 1.94 bits per heavy atom. The van der Waals surface area contributed by atoms with E-state index >= 15 is 0 Å². The second-order valence-corrected chi connectivity index (χ2v) is 10.7. The summed E-state index contributed by atoms with van der Waals surface area (Å²) in [4.78, 5) is 14.5. The average molecular weight is 481 g/mol. The van der Waals surface area contributed by atoms with E-state index in [2.05, 4.69) is 60.6 Å². The summed E-state index contributed by atoms with van der Waals surface area (Å²) in [5.74, 6) is 1.91. The molecule has 8 heteroatoms. The van der Waals surface area contributed by atoms with E-state index < -0.39 is 0 Å². The van der Waals surface area contributed by atoms with Gasteiger partial charge in [-0.1, -0.05) is 56.8 Å². The highest BCUT2D eigenvalue weighted by molar-refractivity contribution is 7.99. The molecule has 6 nitrogen and oxygen atoms in total. The van der Waals surface area contributed by atoms with Gasteiger partial charge in [0.05, 0.1) is 18.6 Å². The van der Waals surface area contributed by atoms with Gasteiger partial charge in [0.2, 0.25) is 5.91 Å². The monoisotopic (exact) mass is 480 g/mol. The summed E-state index contributed by atoms with van der Waals surface area (Å²) in [6.45, 7) is 7.69. The number of aromatic nitrogens is 3. The van der Waals surface area contributed by atoms with Gasteiger partial charge < -0.3 is 9.32 Å². The minimum atomic E-state index is 0.0508. The first kappa shape index (κ1) is 23.3. The quantitative estimate of drug-likeness (QED) is 0.303. The van der Waals surface area contributed by atoms with Crippen LogP contribution in [0.3, 0.4) is 0 Å². The Balaban J connectivity index is 1.54. The molecule has 0 saturated carbocycles. The predicted molar refractivity (Wildman–Crippen MR) is 133 cm³/mol. The smallest absolute Gasteiger partial charge is 0.233 e. The van der Waals surface area contributed by atoms with E-state index in [0.717, 1.165) is 22.7 Å². The lowest BCUT2D eigenvalue weighted by Crippen LogP contribution is -2.27. The number of rotatable bonds is 8. The molecule has 172 valence electrons. The van der Waals surface area contributed by atoms with Gasteiger partial charge in [0, 0.05) is 19.2 Å². The molecule has 0 radical (unpaired) electrons. The zero-order chi connectivity index (χ0) is 23.4. The van der Waals surface area contributed by atoms with Crippen molar-refractivity contribution in [3.8, 4) is 11.4 Å². The predicted octanol–water partition coefficient (Wildman–Crippen LogP) is 5.70. The van der Waals surface area contributed by atoms with E-state index in [4.69, 9.17) is 4.42 Å². The topological polar surface area (TPSA) is 64.2 Å². The van der Waals surface area contributed by atoms with Gasteiger partial charge in [0.1, 0.15) is 5.76 Å². The van der Waals surface area contributed by atoms with Gasteiger partial charge >= 0.3 is 0 Å². The van der Waals surface area contributed by atoms with Gasteiger partial charge in [-0.2, -0.15) is 11.3 Å². The maximum atomic E-state index is 12.7. The van der Waals surface area contributed by atoms with Gasteiger partial charge in [0.15, 0.2) is 11.0 Å².